The third-order valence-corrected chi connectivity index (χ3v) is 13.8. The largest absolute Gasteiger partial charge is 0.490 e. The van der Waals surface area contributed by atoms with Gasteiger partial charge in [-0.25, -0.2) is 4.98 Å². The molecular formula is C42H44ClN11O2S. The number of rotatable bonds is 7. The predicted octanol–water partition coefficient (Wildman–Crippen LogP) is 6.93. The number of nitriles is 1. The van der Waals surface area contributed by atoms with Gasteiger partial charge in [-0.2, -0.15) is 5.26 Å². The molecule has 5 aromatic rings. The maximum absolute atomic E-state index is 13.1. The maximum Gasteiger partial charge on any atom is 0.272 e. The molecule has 7 heterocycles. The molecular weight excluding hydrogens is 758 g/mol. The van der Waals surface area contributed by atoms with Crippen molar-refractivity contribution in [3.05, 3.63) is 98.2 Å². The number of benzene rings is 1. The third-order valence-electron chi connectivity index (χ3n) is 12.3. The van der Waals surface area contributed by atoms with E-state index in [4.69, 9.17) is 31.6 Å². The van der Waals surface area contributed by atoms with Gasteiger partial charge in [-0.3, -0.25) is 14.4 Å². The number of aliphatic imine (C=N–C) groups is 1. The molecule has 2 saturated heterocycles. The summed E-state index contributed by atoms with van der Waals surface area (Å²) < 4.78 is 8.25. The number of hydrogen-bond donors (Lipinski definition) is 1. The Labute approximate surface area is 340 Å². The lowest BCUT2D eigenvalue weighted by Gasteiger charge is -2.39. The van der Waals surface area contributed by atoms with E-state index in [0.717, 1.165) is 116 Å². The molecule has 4 aromatic heterocycles. The Morgan fingerprint density at radius 3 is 2.42 bits per heavy atom. The number of aryl methyl sites for hydroxylation is 2. The molecule has 1 aromatic carbocycles. The van der Waals surface area contributed by atoms with E-state index in [0.29, 0.717) is 28.6 Å². The Hall–Kier alpha value is -5.39. The second kappa shape index (κ2) is 15.2. The molecule has 1 saturated carbocycles. The number of anilines is 2. The summed E-state index contributed by atoms with van der Waals surface area (Å²) in [7, 11) is 0. The monoisotopic (exact) mass is 801 g/mol. The summed E-state index contributed by atoms with van der Waals surface area (Å²) in [6.07, 6.45) is 8.51. The molecule has 3 fully saturated rings. The molecule has 3 aliphatic heterocycles. The highest BCUT2D eigenvalue weighted by Crippen LogP contribution is 2.42. The number of carbonyl (C=O) groups excluding carboxylic acids is 1. The van der Waals surface area contributed by atoms with Gasteiger partial charge in [-0.1, -0.05) is 11.6 Å². The highest BCUT2D eigenvalue weighted by atomic mass is 35.5. The van der Waals surface area contributed by atoms with Crippen molar-refractivity contribution in [2.45, 2.75) is 84.4 Å². The summed E-state index contributed by atoms with van der Waals surface area (Å²) in [6, 6.07) is 15.3. The van der Waals surface area contributed by atoms with Crippen LogP contribution in [0.3, 0.4) is 0 Å². The quantitative estimate of drug-likeness (QED) is 0.184. The Morgan fingerprint density at radius 1 is 0.947 bits per heavy atom. The van der Waals surface area contributed by atoms with Gasteiger partial charge in [-0.05, 0) is 113 Å². The number of pyridine rings is 1. The number of nitrogens with one attached hydrogen (secondary N) is 1. The average molecular weight is 802 g/mol. The third kappa shape index (κ3) is 7.23. The van der Waals surface area contributed by atoms with E-state index in [2.05, 4.69) is 72.1 Å². The SMILES string of the molecule is Cc1sc2c(c1C)C(c1ccc(N3CCC4(CC3)CCN(c3ccc(C(=O)NC5CCC(Oc6ccc(C#N)c(Cl)c6)CC5)nn3)C4)nc1)=NCc1nnc(C)n1-2. The lowest BCUT2D eigenvalue weighted by atomic mass is 9.78. The van der Waals surface area contributed by atoms with Crippen molar-refractivity contribution in [2.24, 2.45) is 10.4 Å². The van der Waals surface area contributed by atoms with Crippen molar-refractivity contribution in [1.29, 1.82) is 5.26 Å². The fourth-order valence-electron chi connectivity index (χ4n) is 8.80. The molecule has 1 amide bonds. The van der Waals surface area contributed by atoms with Crippen molar-refractivity contribution >= 4 is 46.2 Å². The van der Waals surface area contributed by atoms with Gasteiger partial charge in [0.15, 0.2) is 17.3 Å². The molecule has 0 radical (unpaired) electrons. The van der Waals surface area contributed by atoms with Gasteiger partial charge in [-0.15, -0.1) is 31.7 Å². The van der Waals surface area contributed by atoms with E-state index in [1.54, 1.807) is 35.6 Å². The summed E-state index contributed by atoms with van der Waals surface area (Å²) in [5.41, 5.74) is 5.35. The molecule has 292 valence electrons. The minimum absolute atomic E-state index is 0.0353. The van der Waals surface area contributed by atoms with Crippen molar-refractivity contribution in [2.75, 3.05) is 36.0 Å². The normalized spacial score (nSPS) is 20.0. The molecule has 9 rings (SSSR count). The van der Waals surface area contributed by atoms with Crippen molar-refractivity contribution < 1.29 is 9.53 Å². The lowest BCUT2D eigenvalue weighted by Crippen LogP contribution is -2.42. The number of fused-ring (bicyclic) bond motifs is 3. The van der Waals surface area contributed by atoms with Gasteiger partial charge >= 0.3 is 0 Å². The van der Waals surface area contributed by atoms with Crippen LogP contribution in [-0.2, 0) is 6.54 Å². The van der Waals surface area contributed by atoms with E-state index >= 15 is 0 Å². The fourth-order valence-corrected chi connectivity index (χ4v) is 10.2. The highest BCUT2D eigenvalue weighted by molar-refractivity contribution is 7.15. The maximum atomic E-state index is 13.1. The van der Waals surface area contributed by atoms with Crippen LogP contribution in [-0.4, -0.2) is 79.9 Å². The van der Waals surface area contributed by atoms with Gasteiger partial charge in [0.25, 0.3) is 5.91 Å². The zero-order valence-corrected chi connectivity index (χ0v) is 33.9. The van der Waals surface area contributed by atoms with Crippen LogP contribution in [0.5, 0.6) is 5.75 Å². The van der Waals surface area contributed by atoms with Gasteiger partial charge in [0.2, 0.25) is 0 Å². The molecule has 1 aliphatic carbocycles. The van der Waals surface area contributed by atoms with Gasteiger partial charge < -0.3 is 19.9 Å². The number of ether oxygens (including phenoxy) is 1. The van der Waals surface area contributed by atoms with Crippen LogP contribution in [0.4, 0.5) is 11.6 Å². The minimum Gasteiger partial charge on any atom is -0.490 e. The first-order valence-corrected chi connectivity index (χ1v) is 20.9. The van der Waals surface area contributed by atoms with Gasteiger partial charge in [0.05, 0.1) is 22.4 Å². The van der Waals surface area contributed by atoms with Gasteiger partial charge in [0, 0.05) is 60.5 Å². The summed E-state index contributed by atoms with van der Waals surface area (Å²) in [6.45, 7) is 10.6. The number of piperidine rings is 1. The van der Waals surface area contributed by atoms with Crippen LogP contribution in [0.2, 0.25) is 5.02 Å². The first-order chi connectivity index (χ1) is 27.7. The number of amides is 1. The number of aromatic nitrogens is 6. The van der Waals surface area contributed by atoms with E-state index < -0.39 is 0 Å². The summed E-state index contributed by atoms with van der Waals surface area (Å²) in [5, 5.41) is 31.4. The number of nitrogens with zero attached hydrogens (tertiary/aromatic N) is 10. The number of thiophene rings is 1. The highest BCUT2D eigenvalue weighted by Gasteiger charge is 2.41. The molecule has 15 heteroatoms. The molecule has 4 aliphatic rings. The zero-order chi connectivity index (χ0) is 39.3. The average Bonchev–Trinajstić information content (AvgIpc) is 3.87. The van der Waals surface area contributed by atoms with Crippen LogP contribution in [0.15, 0.2) is 53.7 Å². The van der Waals surface area contributed by atoms with Crippen LogP contribution in [0, 0.1) is 37.5 Å². The van der Waals surface area contributed by atoms with E-state index in [-0.39, 0.29) is 23.5 Å². The lowest BCUT2D eigenvalue weighted by molar-refractivity contribution is 0.0888. The Morgan fingerprint density at radius 2 is 1.72 bits per heavy atom. The smallest absolute Gasteiger partial charge is 0.272 e. The van der Waals surface area contributed by atoms with E-state index in [1.807, 2.05) is 19.2 Å². The molecule has 0 atom stereocenters. The standard InChI is InChI=1S/C42H44ClN11O2S/c1-25-26(2)57-41-38(25)39(46-23-37-51-48-27(3)54(37)41)29-5-12-35(45-22-29)52-17-14-42(15-18-52)16-19-53(24-42)36-13-11-34(49-50-36)40(55)47-30-6-9-31(10-7-30)56-32-8-4-28(21-44)33(43)20-32/h4-5,8,11-13,20,22,30-31H,6-7,9-10,14-19,23-24H2,1-3H3,(H,47,55). The first kappa shape index (κ1) is 37.2. The van der Waals surface area contributed by atoms with E-state index in [1.165, 1.54) is 10.4 Å². The fraction of sp³-hybridized carbons (Fsp3) is 0.429. The van der Waals surface area contributed by atoms with Crippen LogP contribution in [0.25, 0.3) is 5.00 Å². The predicted molar refractivity (Wildman–Crippen MR) is 220 cm³/mol. The van der Waals surface area contributed by atoms with Gasteiger partial charge in [0.1, 0.15) is 35.0 Å². The van der Waals surface area contributed by atoms with Crippen molar-refractivity contribution in [3.8, 4) is 16.8 Å². The molecule has 57 heavy (non-hydrogen) atoms. The topological polar surface area (TPSA) is 150 Å². The van der Waals surface area contributed by atoms with Crippen LogP contribution in [0.1, 0.15) is 94.2 Å². The van der Waals surface area contributed by atoms with Crippen molar-refractivity contribution in [1.82, 2.24) is 35.3 Å². The van der Waals surface area contributed by atoms with Crippen LogP contribution >= 0.6 is 22.9 Å². The van der Waals surface area contributed by atoms with Crippen molar-refractivity contribution in [3.63, 3.8) is 0 Å². The summed E-state index contributed by atoms with van der Waals surface area (Å²) >= 11 is 7.93. The molecule has 0 unspecified atom stereocenters. The zero-order valence-electron chi connectivity index (χ0n) is 32.3. The second-order valence-corrected chi connectivity index (χ2v) is 17.4. The molecule has 1 spiro atoms. The van der Waals surface area contributed by atoms with E-state index in [9.17, 15) is 4.79 Å². The molecule has 0 bridgehead atoms. The molecule has 1 N–H and O–H groups in total. The van der Waals surface area contributed by atoms with Crippen LogP contribution < -0.4 is 19.9 Å². The summed E-state index contributed by atoms with van der Waals surface area (Å²) in [4.78, 5) is 29.1. The molecule has 13 nitrogen and oxygen atoms in total. The second-order valence-electron chi connectivity index (χ2n) is 15.8. The minimum atomic E-state index is -0.201. The Bertz CT molecular complexity index is 2390. The number of hydrogen-bond acceptors (Lipinski definition) is 12. The Balaban J connectivity index is 0.765. The Kier molecular flexibility index (Phi) is 9.90. The first-order valence-electron chi connectivity index (χ1n) is 19.7. The summed E-state index contributed by atoms with van der Waals surface area (Å²) in [5.74, 6) is 4.01. The number of carbonyl (C=O) groups is 1. The number of halogens is 1.